The van der Waals surface area contributed by atoms with Crippen molar-refractivity contribution in [1.82, 2.24) is 0 Å². The first-order valence-electron chi connectivity index (χ1n) is 4.93. The van der Waals surface area contributed by atoms with E-state index in [2.05, 4.69) is 0 Å². The maximum Gasteiger partial charge on any atom is 0.328 e. The molecule has 0 heterocycles. The van der Waals surface area contributed by atoms with E-state index < -0.39 is 12.0 Å². The van der Waals surface area contributed by atoms with E-state index >= 15 is 0 Å². The van der Waals surface area contributed by atoms with Crippen LogP contribution in [-0.4, -0.2) is 12.0 Å². The quantitative estimate of drug-likeness (QED) is 0.596. The van der Waals surface area contributed by atoms with Crippen molar-refractivity contribution in [1.29, 1.82) is 0 Å². The van der Waals surface area contributed by atoms with Gasteiger partial charge in [0.25, 0.3) is 0 Å². The fraction of sp³-hybridized carbons (Fsp3) is 0.417. The Hall–Kier alpha value is -1.35. The number of carbonyl (C=O) groups is 1. The van der Waals surface area contributed by atoms with Crippen LogP contribution in [-0.2, 0) is 4.79 Å². The first-order chi connectivity index (χ1) is 6.91. The van der Waals surface area contributed by atoms with Crippen LogP contribution in [0.1, 0.15) is 20.8 Å². The van der Waals surface area contributed by atoms with Crippen LogP contribution in [0.15, 0.2) is 30.3 Å². The predicted molar refractivity (Wildman–Crippen MR) is 59.5 cm³/mol. The molecule has 0 spiro atoms. The highest BCUT2D eigenvalue weighted by molar-refractivity contribution is 5.78. The molecule has 0 aliphatic rings. The minimum atomic E-state index is -0.613. The summed E-state index contributed by atoms with van der Waals surface area (Å²) in [6, 6.07) is 8.33. The van der Waals surface area contributed by atoms with Gasteiger partial charge in [-0.25, -0.2) is 4.79 Å². The first kappa shape index (κ1) is 11.7. The van der Waals surface area contributed by atoms with Gasteiger partial charge in [0, 0.05) is 0 Å². The molecule has 0 radical (unpaired) electrons. The van der Waals surface area contributed by atoms with Gasteiger partial charge in [0.1, 0.15) is 11.8 Å². The molecule has 1 atom stereocenters. The fourth-order valence-electron chi connectivity index (χ4n) is 1.02. The minimum Gasteiger partial charge on any atom is -0.425 e. The van der Waals surface area contributed by atoms with E-state index in [1.54, 1.807) is 12.1 Å². The molecular weight excluding hydrogens is 190 g/mol. The second-order valence-electron chi connectivity index (χ2n) is 4.58. The number of carbonyl (C=O) groups excluding carboxylic acids is 1. The van der Waals surface area contributed by atoms with Gasteiger partial charge in [-0.3, -0.25) is 0 Å². The van der Waals surface area contributed by atoms with Gasteiger partial charge in [0.05, 0.1) is 0 Å². The Morgan fingerprint density at radius 2 is 1.80 bits per heavy atom. The summed E-state index contributed by atoms with van der Waals surface area (Å²) in [4.78, 5) is 11.6. The van der Waals surface area contributed by atoms with Crippen molar-refractivity contribution in [2.24, 2.45) is 11.1 Å². The Labute approximate surface area is 90.2 Å². The van der Waals surface area contributed by atoms with E-state index in [1.807, 2.05) is 39.0 Å². The van der Waals surface area contributed by atoms with Crippen LogP contribution in [0.4, 0.5) is 0 Å². The molecule has 0 saturated carbocycles. The number of nitrogens with two attached hydrogens (primary N) is 1. The Kier molecular flexibility index (Phi) is 3.48. The molecule has 15 heavy (non-hydrogen) atoms. The summed E-state index contributed by atoms with van der Waals surface area (Å²) in [6.45, 7) is 5.72. The van der Waals surface area contributed by atoms with Gasteiger partial charge >= 0.3 is 5.97 Å². The van der Waals surface area contributed by atoms with E-state index in [9.17, 15) is 4.79 Å². The zero-order valence-corrected chi connectivity index (χ0v) is 9.36. The Balaban J connectivity index is 2.65. The number of benzene rings is 1. The van der Waals surface area contributed by atoms with Crippen molar-refractivity contribution >= 4 is 5.97 Å². The van der Waals surface area contributed by atoms with E-state index in [0.29, 0.717) is 5.75 Å². The third-order valence-corrected chi connectivity index (χ3v) is 2.15. The Morgan fingerprint density at radius 1 is 1.27 bits per heavy atom. The summed E-state index contributed by atoms with van der Waals surface area (Å²) >= 11 is 0. The molecule has 1 unspecified atom stereocenters. The molecule has 1 aromatic rings. The Morgan fingerprint density at radius 3 is 2.27 bits per heavy atom. The highest BCUT2D eigenvalue weighted by atomic mass is 16.5. The SMILES string of the molecule is CC(C)(C)C(N)C(=O)Oc1ccccc1. The van der Waals surface area contributed by atoms with Crippen LogP contribution in [0.25, 0.3) is 0 Å². The number of hydrogen-bond acceptors (Lipinski definition) is 3. The number of esters is 1. The van der Waals surface area contributed by atoms with Gasteiger partial charge in [0.15, 0.2) is 0 Å². The van der Waals surface area contributed by atoms with Crippen LogP contribution in [0.2, 0.25) is 0 Å². The summed E-state index contributed by atoms with van der Waals surface area (Å²) in [5.74, 6) is 0.135. The maximum absolute atomic E-state index is 11.6. The van der Waals surface area contributed by atoms with Crippen molar-refractivity contribution < 1.29 is 9.53 Å². The van der Waals surface area contributed by atoms with E-state index in [4.69, 9.17) is 10.5 Å². The normalized spacial score (nSPS) is 13.3. The number of hydrogen-bond donors (Lipinski definition) is 1. The molecular formula is C12H17NO2. The van der Waals surface area contributed by atoms with Crippen LogP contribution in [0, 0.1) is 5.41 Å². The van der Waals surface area contributed by atoms with Crippen molar-refractivity contribution in [3.05, 3.63) is 30.3 Å². The fourth-order valence-corrected chi connectivity index (χ4v) is 1.02. The molecule has 3 heteroatoms. The molecule has 0 saturated heterocycles. The van der Waals surface area contributed by atoms with Crippen LogP contribution in [0.3, 0.4) is 0 Å². The molecule has 82 valence electrons. The van der Waals surface area contributed by atoms with Crippen LogP contribution in [0.5, 0.6) is 5.75 Å². The smallest absolute Gasteiger partial charge is 0.328 e. The highest BCUT2D eigenvalue weighted by Gasteiger charge is 2.29. The van der Waals surface area contributed by atoms with Gasteiger partial charge < -0.3 is 10.5 Å². The molecule has 0 amide bonds. The van der Waals surface area contributed by atoms with Crippen molar-refractivity contribution in [3.8, 4) is 5.75 Å². The number of rotatable bonds is 2. The minimum absolute atomic E-state index is 0.286. The standard InChI is InChI=1S/C12H17NO2/c1-12(2,3)10(13)11(14)15-9-7-5-4-6-8-9/h4-8,10H,13H2,1-3H3. The molecule has 0 aliphatic carbocycles. The largest absolute Gasteiger partial charge is 0.425 e. The topological polar surface area (TPSA) is 52.3 Å². The lowest BCUT2D eigenvalue weighted by Crippen LogP contribution is -2.44. The maximum atomic E-state index is 11.6. The average molecular weight is 207 g/mol. The molecule has 0 bridgehead atoms. The van der Waals surface area contributed by atoms with E-state index in [-0.39, 0.29) is 5.41 Å². The summed E-state index contributed by atoms with van der Waals surface area (Å²) in [5, 5.41) is 0. The average Bonchev–Trinajstić information content (AvgIpc) is 2.16. The second-order valence-corrected chi connectivity index (χ2v) is 4.58. The van der Waals surface area contributed by atoms with Gasteiger partial charge in [-0.2, -0.15) is 0 Å². The van der Waals surface area contributed by atoms with Crippen LogP contribution < -0.4 is 10.5 Å². The van der Waals surface area contributed by atoms with Gasteiger partial charge in [-0.05, 0) is 17.5 Å². The molecule has 0 aliphatic heterocycles. The van der Waals surface area contributed by atoms with E-state index in [0.717, 1.165) is 0 Å². The lowest BCUT2D eigenvalue weighted by molar-refractivity contribution is -0.138. The predicted octanol–water partition coefficient (Wildman–Crippen LogP) is 1.97. The summed E-state index contributed by atoms with van der Waals surface area (Å²) in [5.41, 5.74) is 5.48. The number of ether oxygens (including phenoxy) is 1. The highest BCUT2D eigenvalue weighted by Crippen LogP contribution is 2.19. The van der Waals surface area contributed by atoms with Crippen LogP contribution >= 0.6 is 0 Å². The summed E-state index contributed by atoms with van der Waals surface area (Å²) in [7, 11) is 0. The van der Waals surface area contributed by atoms with Gasteiger partial charge in [-0.15, -0.1) is 0 Å². The Bertz CT molecular complexity index is 327. The van der Waals surface area contributed by atoms with Crippen molar-refractivity contribution in [2.45, 2.75) is 26.8 Å². The monoisotopic (exact) mass is 207 g/mol. The molecule has 0 fully saturated rings. The lowest BCUT2D eigenvalue weighted by Gasteiger charge is -2.24. The summed E-state index contributed by atoms with van der Waals surface area (Å²) in [6.07, 6.45) is 0. The van der Waals surface area contributed by atoms with Gasteiger partial charge in [0.2, 0.25) is 0 Å². The second kappa shape index (κ2) is 4.45. The number of para-hydroxylation sites is 1. The van der Waals surface area contributed by atoms with Crippen molar-refractivity contribution in [2.75, 3.05) is 0 Å². The molecule has 2 N–H and O–H groups in total. The van der Waals surface area contributed by atoms with Gasteiger partial charge in [-0.1, -0.05) is 39.0 Å². The molecule has 1 rings (SSSR count). The summed E-state index contributed by atoms with van der Waals surface area (Å²) < 4.78 is 5.14. The third-order valence-electron chi connectivity index (χ3n) is 2.15. The molecule has 1 aromatic carbocycles. The lowest BCUT2D eigenvalue weighted by atomic mass is 9.87. The zero-order chi connectivity index (χ0) is 11.5. The molecule has 3 nitrogen and oxygen atoms in total. The van der Waals surface area contributed by atoms with E-state index in [1.165, 1.54) is 0 Å². The van der Waals surface area contributed by atoms with Crippen molar-refractivity contribution in [3.63, 3.8) is 0 Å². The zero-order valence-electron chi connectivity index (χ0n) is 9.36. The first-order valence-corrected chi connectivity index (χ1v) is 4.93. The molecule has 0 aromatic heterocycles. The third kappa shape index (κ3) is 3.36.